The highest BCUT2D eigenvalue weighted by atomic mass is 35.5. The molecule has 0 aliphatic heterocycles. The summed E-state index contributed by atoms with van der Waals surface area (Å²) in [7, 11) is 0. The summed E-state index contributed by atoms with van der Waals surface area (Å²) in [4.78, 5) is 7.55. The number of halogens is 2. The Morgan fingerprint density at radius 1 is 1.18 bits per heavy atom. The Balaban J connectivity index is 2.19. The van der Waals surface area contributed by atoms with Crippen molar-refractivity contribution < 1.29 is 4.42 Å². The largest absolute Gasteiger partial charge is 0.458 e. The molecule has 1 aromatic carbocycles. The van der Waals surface area contributed by atoms with Crippen LogP contribution in [0.15, 0.2) is 28.7 Å². The molecule has 0 spiro atoms. The van der Waals surface area contributed by atoms with E-state index >= 15 is 0 Å². The van der Waals surface area contributed by atoms with E-state index in [-0.39, 0.29) is 0 Å². The molecule has 86 valence electrons. The Morgan fingerprint density at radius 2 is 1.94 bits per heavy atom. The smallest absolute Gasteiger partial charge is 0.174 e. The number of fused-ring (bicyclic) bond motifs is 1. The number of hydrogen-bond donors (Lipinski definition) is 1. The number of H-pyrrole nitrogens is 1. The van der Waals surface area contributed by atoms with Crippen LogP contribution >= 0.6 is 23.2 Å². The van der Waals surface area contributed by atoms with Crippen molar-refractivity contribution in [3.63, 3.8) is 0 Å². The number of benzene rings is 1. The number of nitrogens with zero attached hydrogens (tertiary/aromatic N) is 1. The van der Waals surface area contributed by atoms with Gasteiger partial charge in [-0.3, -0.25) is 0 Å². The normalized spacial score (nSPS) is 11.2. The lowest BCUT2D eigenvalue weighted by Crippen LogP contribution is -1.74. The lowest BCUT2D eigenvalue weighted by Gasteiger charge is -1.93. The third-order valence-corrected chi connectivity index (χ3v) is 3.22. The second-order valence-corrected chi connectivity index (χ2v) is 4.59. The molecule has 0 saturated heterocycles. The molecule has 0 unspecified atom stereocenters. The highest BCUT2D eigenvalue weighted by Crippen LogP contribution is 2.29. The summed E-state index contributed by atoms with van der Waals surface area (Å²) in [6, 6.07) is 7.25. The van der Waals surface area contributed by atoms with Crippen LogP contribution in [-0.4, -0.2) is 9.97 Å². The summed E-state index contributed by atoms with van der Waals surface area (Å²) in [5, 5.41) is 0.998. The molecule has 0 amide bonds. The minimum absolute atomic E-state index is 0.493. The standard InChI is InChI=1S/C12H8Cl2N2O/c1-6-2-3-11(17-6)12-15-9-4-7(13)8(14)5-10(9)16-12/h2-5H,1H3,(H,15,16). The second-order valence-electron chi connectivity index (χ2n) is 3.78. The Hall–Kier alpha value is -1.45. The van der Waals surface area contributed by atoms with Crippen LogP contribution in [0.4, 0.5) is 0 Å². The maximum absolute atomic E-state index is 5.94. The van der Waals surface area contributed by atoms with E-state index in [2.05, 4.69) is 9.97 Å². The van der Waals surface area contributed by atoms with Crippen LogP contribution in [0.1, 0.15) is 5.76 Å². The number of nitrogens with one attached hydrogen (secondary N) is 1. The minimum Gasteiger partial charge on any atom is -0.458 e. The fourth-order valence-electron chi connectivity index (χ4n) is 1.68. The number of aryl methyl sites for hydroxylation is 1. The van der Waals surface area contributed by atoms with Crippen molar-refractivity contribution in [1.29, 1.82) is 0 Å². The van der Waals surface area contributed by atoms with E-state index < -0.39 is 0 Å². The van der Waals surface area contributed by atoms with Crippen molar-refractivity contribution in [3.05, 3.63) is 40.1 Å². The molecule has 0 aliphatic rings. The molecule has 0 fully saturated rings. The van der Waals surface area contributed by atoms with Crippen molar-refractivity contribution in [2.24, 2.45) is 0 Å². The topological polar surface area (TPSA) is 41.8 Å². The van der Waals surface area contributed by atoms with Gasteiger partial charge < -0.3 is 9.40 Å². The van der Waals surface area contributed by atoms with Crippen LogP contribution in [0.25, 0.3) is 22.6 Å². The van der Waals surface area contributed by atoms with Gasteiger partial charge in [0.15, 0.2) is 11.6 Å². The van der Waals surface area contributed by atoms with E-state index in [1.807, 2.05) is 19.1 Å². The van der Waals surface area contributed by atoms with Crippen LogP contribution < -0.4 is 0 Å². The number of imidazole rings is 1. The van der Waals surface area contributed by atoms with E-state index in [0.717, 1.165) is 16.8 Å². The maximum atomic E-state index is 5.94. The van der Waals surface area contributed by atoms with Gasteiger partial charge in [-0.2, -0.15) is 0 Å². The third-order valence-electron chi connectivity index (χ3n) is 2.50. The van der Waals surface area contributed by atoms with Crippen molar-refractivity contribution >= 4 is 34.2 Å². The quantitative estimate of drug-likeness (QED) is 0.708. The zero-order valence-electron chi connectivity index (χ0n) is 8.92. The molecule has 2 aromatic heterocycles. The Kier molecular flexibility index (Phi) is 2.38. The summed E-state index contributed by atoms with van der Waals surface area (Å²) >= 11 is 11.9. The van der Waals surface area contributed by atoms with Crippen LogP contribution in [-0.2, 0) is 0 Å². The van der Waals surface area contributed by atoms with Gasteiger partial charge >= 0.3 is 0 Å². The number of rotatable bonds is 1. The molecule has 5 heteroatoms. The zero-order chi connectivity index (χ0) is 12.0. The SMILES string of the molecule is Cc1ccc(-c2nc3cc(Cl)c(Cl)cc3[nH]2)o1. The van der Waals surface area contributed by atoms with Crippen LogP contribution in [0.5, 0.6) is 0 Å². The summed E-state index contributed by atoms with van der Waals surface area (Å²) in [5.74, 6) is 2.22. The summed E-state index contributed by atoms with van der Waals surface area (Å²) in [6.45, 7) is 1.89. The highest BCUT2D eigenvalue weighted by Gasteiger charge is 2.10. The second kappa shape index (κ2) is 3.79. The number of furan rings is 1. The fraction of sp³-hybridized carbons (Fsp3) is 0.0833. The Morgan fingerprint density at radius 3 is 2.65 bits per heavy atom. The van der Waals surface area contributed by atoms with E-state index in [1.165, 1.54) is 0 Å². The van der Waals surface area contributed by atoms with Crippen LogP contribution in [0, 0.1) is 6.92 Å². The first-order valence-corrected chi connectivity index (χ1v) is 5.80. The molecule has 3 nitrogen and oxygen atoms in total. The van der Waals surface area contributed by atoms with E-state index in [4.69, 9.17) is 27.6 Å². The molecule has 0 aliphatic carbocycles. The molecule has 0 atom stereocenters. The van der Waals surface area contributed by atoms with Crippen molar-refractivity contribution in [2.45, 2.75) is 6.92 Å². The third kappa shape index (κ3) is 1.81. The van der Waals surface area contributed by atoms with E-state index in [9.17, 15) is 0 Å². The first-order chi connectivity index (χ1) is 8.13. The Labute approximate surface area is 107 Å². The fourth-order valence-corrected chi connectivity index (χ4v) is 2.00. The molecule has 0 bridgehead atoms. The minimum atomic E-state index is 0.493. The molecule has 3 rings (SSSR count). The van der Waals surface area contributed by atoms with Crippen molar-refractivity contribution in [2.75, 3.05) is 0 Å². The average Bonchev–Trinajstić information content (AvgIpc) is 2.85. The molecule has 17 heavy (non-hydrogen) atoms. The van der Waals surface area contributed by atoms with Gasteiger partial charge in [0, 0.05) is 0 Å². The molecule has 0 radical (unpaired) electrons. The van der Waals surface area contributed by atoms with Gasteiger partial charge in [-0.1, -0.05) is 23.2 Å². The molecule has 1 N–H and O–H groups in total. The van der Waals surface area contributed by atoms with Gasteiger partial charge in [0.1, 0.15) is 5.76 Å². The van der Waals surface area contributed by atoms with Gasteiger partial charge in [0.2, 0.25) is 0 Å². The van der Waals surface area contributed by atoms with Gasteiger partial charge in [0.25, 0.3) is 0 Å². The van der Waals surface area contributed by atoms with E-state index in [0.29, 0.717) is 21.6 Å². The predicted octanol–water partition coefficient (Wildman–Crippen LogP) is 4.44. The molecular formula is C12H8Cl2N2O. The molecule has 2 heterocycles. The molecule has 0 saturated carbocycles. The number of hydrogen-bond acceptors (Lipinski definition) is 2. The summed E-state index contributed by atoms with van der Waals surface area (Å²) < 4.78 is 5.50. The van der Waals surface area contributed by atoms with Gasteiger partial charge in [-0.25, -0.2) is 4.98 Å². The number of aromatic nitrogens is 2. The van der Waals surface area contributed by atoms with Crippen LogP contribution in [0.2, 0.25) is 10.0 Å². The summed E-state index contributed by atoms with van der Waals surface area (Å²) in [5.41, 5.74) is 1.60. The van der Waals surface area contributed by atoms with Gasteiger partial charge in [-0.05, 0) is 31.2 Å². The zero-order valence-corrected chi connectivity index (χ0v) is 10.4. The lowest BCUT2D eigenvalue weighted by atomic mass is 10.3. The van der Waals surface area contributed by atoms with Gasteiger partial charge in [0.05, 0.1) is 21.1 Å². The highest BCUT2D eigenvalue weighted by molar-refractivity contribution is 6.42. The lowest BCUT2D eigenvalue weighted by molar-refractivity contribution is 0.545. The average molecular weight is 267 g/mol. The summed E-state index contributed by atoms with van der Waals surface area (Å²) in [6.07, 6.45) is 0. The molecular weight excluding hydrogens is 259 g/mol. The van der Waals surface area contributed by atoms with Gasteiger partial charge in [-0.15, -0.1) is 0 Å². The first-order valence-electron chi connectivity index (χ1n) is 5.05. The van der Waals surface area contributed by atoms with Crippen LogP contribution in [0.3, 0.4) is 0 Å². The van der Waals surface area contributed by atoms with E-state index in [1.54, 1.807) is 12.1 Å². The van der Waals surface area contributed by atoms with Crippen molar-refractivity contribution in [3.8, 4) is 11.6 Å². The maximum Gasteiger partial charge on any atom is 0.174 e. The monoisotopic (exact) mass is 266 g/mol. The Bertz CT molecular complexity index is 661. The predicted molar refractivity (Wildman–Crippen MR) is 68.6 cm³/mol. The molecule has 3 aromatic rings. The first kappa shape index (κ1) is 10.7. The van der Waals surface area contributed by atoms with Crippen molar-refractivity contribution in [1.82, 2.24) is 9.97 Å². The number of aromatic amines is 1.